The number of carbonyl (C=O) groups excluding carboxylic acids is 1. The lowest BCUT2D eigenvalue weighted by atomic mass is 10.1. The number of carbonyl (C=O) groups is 1. The zero-order chi connectivity index (χ0) is 13.3. The Morgan fingerprint density at radius 1 is 1.33 bits per heavy atom. The van der Waals surface area contributed by atoms with Crippen LogP contribution in [0.2, 0.25) is 0 Å². The number of halogens is 2. The molecule has 1 aliphatic heterocycles. The quantitative estimate of drug-likeness (QED) is 0.790. The number of benzene rings is 1. The fraction of sp³-hybridized carbons (Fsp3) is 0.462. The maximum Gasteiger partial charge on any atom is 0.254 e. The molecule has 0 saturated carbocycles. The molecule has 0 bridgehead atoms. The molecule has 1 aromatic carbocycles. The molecule has 0 N–H and O–H groups in total. The van der Waals surface area contributed by atoms with Crippen LogP contribution < -0.4 is 0 Å². The van der Waals surface area contributed by atoms with Gasteiger partial charge in [-0.25, -0.2) is 0 Å². The van der Waals surface area contributed by atoms with E-state index >= 15 is 0 Å². The maximum atomic E-state index is 12.4. The predicted molar refractivity (Wildman–Crippen MR) is 77.8 cm³/mol. The highest BCUT2D eigenvalue weighted by Crippen LogP contribution is 2.24. The van der Waals surface area contributed by atoms with Crippen molar-refractivity contribution in [3.63, 3.8) is 0 Å². The summed E-state index contributed by atoms with van der Waals surface area (Å²) in [4.78, 5) is 14.2. The van der Waals surface area contributed by atoms with E-state index in [1.807, 2.05) is 32.2 Å². The first kappa shape index (κ1) is 14.0. The van der Waals surface area contributed by atoms with E-state index in [-0.39, 0.29) is 18.1 Å². The fourth-order valence-electron chi connectivity index (χ4n) is 2.26. The second-order valence-corrected chi connectivity index (χ2v) is 6.34. The van der Waals surface area contributed by atoms with Gasteiger partial charge in [-0.2, -0.15) is 0 Å². The Labute approximate surface area is 124 Å². The molecule has 5 heteroatoms. The number of hydrogen-bond donors (Lipinski definition) is 0. The SMILES string of the molecule is CC1OCCC1N(C)C(=O)c1cc(Br)cc(Br)c1. The lowest BCUT2D eigenvalue weighted by Crippen LogP contribution is -2.41. The number of rotatable bonds is 2. The molecule has 0 aliphatic carbocycles. The highest BCUT2D eigenvalue weighted by atomic mass is 79.9. The Kier molecular flexibility index (Phi) is 4.45. The summed E-state index contributed by atoms with van der Waals surface area (Å²) in [5, 5.41) is 0. The maximum absolute atomic E-state index is 12.4. The Balaban J connectivity index is 2.19. The van der Waals surface area contributed by atoms with Crippen LogP contribution in [0.5, 0.6) is 0 Å². The Morgan fingerprint density at radius 3 is 2.44 bits per heavy atom. The molecule has 2 rings (SSSR count). The fourth-order valence-corrected chi connectivity index (χ4v) is 3.55. The van der Waals surface area contributed by atoms with Crippen molar-refractivity contribution in [2.75, 3.05) is 13.7 Å². The summed E-state index contributed by atoms with van der Waals surface area (Å²) >= 11 is 6.80. The predicted octanol–water partition coefficient (Wildman–Crippen LogP) is 3.46. The number of amides is 1. The van der Waals surface area contributed by atoms with Gasteiger partial charge in [0.2, 0.25) is 0 Å². The van der Waals surface area contributed by atoms with Crippen molar-refractivity contribution in [1.29, 1.82) is 0 Å². The summed E-state index contributed by atoms with van der Waals surface area (Å²) in [7, 11) is 1.84. The Morgan fingerprint density at radius 2 is 1.94 bits per heavy atom. The van der Waals surface area contributed by atoms with Crippen LogP contribution in [0.25, 0.3) is 0 Å². The third kappa shape index (κ3) is 2.95. The number of hydrogen-bond acceptors (Lipinski definition) is 2. The van der Waals surface area contributed by atoms with Gasteiger partial charge in [0.05, 0.1) is 12.1 Å². The smallest absolute Gasteiger partial charge is 0.254 e. The monoisotopic (exact) mass is 375 g/mol. The van der Waals surface area contributed by atoms with Crippen LogP contribution in [0.15, 0.2) is 27.1 Å². The standard InChI is InChI=1S/C13H15Br2NO2/c1-8-12(3-4-18-8)16(2)13(17)9-5-10(14)7-11(15)6-9/h5-8,12H,3-4H2,1-2H3. The van der Waals surface area contributed by atoms with Gasteiger partial charge in [-0.1, -0.05) is 31.9 Å². The molecule has 0 spiro atoms. The second-order valence-electron chi connectivity index (χ2n) is 4.51. The van der Waals surface area contributed by atoms with Crippen molar-refractivity contribution in [2.24, 2.45) is 0 Å². The summed E-state index contributed by atoms with van der Waals surface area (Å²) < 4.78 is 7.29. The summed E-state index contributed by atoms with van der Waals surface area (Å²) in [6.07, 6.45) is 1.01. The van der Waals surface area contributed by atoms with E-state index in [1.54, 1.807) is 4.90 Å². The molecule has 98 valence electrons. The average molecular weight is 377 g/mol. The van der Waals surface area contributed by atoms with Gasteiger partial charge in [-0.05, 0) is 31.5 Å². The summed E-state index contributed by atoms with van der Waals surface area (Å²) in [5.74, 6) is 0.0272. The minimum atomic E-state index is 0.0272. The van der Waals surface area contributed by atoms with Crippen molar-refractivity contribution < 1.29 is 9.53 Å². The molecule has 1 aliphatic rings. The second kappa shape index (κ2) is 5.72. The molecule has 18 heavy (non-hydrogen) atoms. The molecule has 0 radical (unpaired) electrons. The zero-order valence-electron chi connectivity index (χ0n) is 10.3. The van der Waals surface area contributed by atoms with E-state index in [4.69, 9.17) is 4.74 Å². The number of likely N-dealkylation sites (N-methyl/N-ethyl adjacent to an activating group) is 1. The van der Waals surface area contributed by atoms with E-state index in [0.717, 1.165) is 22.0 Å². The van der Waals surface area contributed by atoms with E-state index in [1.165, 1.54) is 0 Å². The topological polar surface area (TPSA) is 29.5 Å². The Hall–Kier alpha value is -0.390. The van der Waals surface area contributed by atoms with Gasteiger partial charge in [0, 0.05) is 28.2 Å². The largest absolute Gasteiger partial charge is 0.376 e. The summed E-state index contributed by atoms with van der Waals surface area (Å²) in [6, 6.07) is 5.75. The molecule has 2 atom stereocenters. The zero-order valence-corrected chi connectivity index (χ0v) is 13.5. The van der Waals surface area contributed by atoms with Crippen molar-refractivity contribution in [3.05, 3.63) is 32.7 Å². The van der Waals surface area contributed by atoms with Gasteiger partial charge in [0.15, 0.2) is 0 Å². The summed E-state index contributed by atoms with van der Waals surface area (Å²) in [6.45, 7) is 2.74. The minimum Gasteiger partial charge on any atom is -0.376 e. The van der Waals surface area contributed by atoms with Gasteiger partial charge in [-0.15, -0.1) is 0 Å². The lowest BCUT2D eigenvalue weighted by Gasteiger charge is -2.27. The molecular formula is C13H15Br2NO2. The van der Waals surface area contributed by atoms with Crippen LogP contribution in [-0.2, 0) is 4.74 Å². The van der Waals surface area contributed by atoms with Gasteiger partial charge < -0.3 is 9.64 Å². The molecule has 1 aromatic rings. The minimum absolute atomic E-state index is 0.0272. The van der Waals surface area contributed by atoms with E-state index in [2.05, 4.69) is 31.9 Å². The molecule has 2 unspecified atom stereocenters. The van der Waals surface area contributed by atoms with Crippen molar-refractivity contribution in [2.45, 2.75) is 25.5 Å². The molecular weight excluding hydrogens is 362 g/mol. The van der Waals surface area contributed by atoms with Crippen LogP contribution in [0.1, 0.15) is 23.7 Å². The first-order chi connectivity index (χ1) is 8.49. The lowest BCUT2D eigenvalue weighted by molar-refractivity contribution is 0.0574. The third-order valence-electron chi connectivity index (χ3n) is 3.26. The van der Waals surface area contributed by atoms with Crippen molar-refractivity contribution in [3.8, 4) is 0 Å². The van der Waals surface area contributed by atoms with Gasteiger partial charge in [-0.3, -0.25) is 4.79 Å². The molecule has 0 aromatic heterocycles. The van der Waals surface area contributed by atoms with E-state index in [0.29, 0.717) is 5.56 Å². The van der Waals surface area contributed by atoms with Gasteiger partial charge >= 0.3 is 0 Å². The Bertz CT molecular complexity index is 444. The van der Waals surface area contributed by atoms with Crippen LogP contribution in [0.4, 0.5) is 0 Å². The highest BCUT2D eigenvalue weighted by molar-refractivity contribution is 9.11. The van der Waals surface area contributed by atoms with Crippen molar-refractivity contribution >= 4 is 37.8 Å². The first-order valence-electron chi connectivity index (χ1n) is 5.84. The van der Waals surface area contributed by atoms with Crippen LogP contribution >= 0.6 is 31.9 Å². The molecule has 1 heterocycles. The number of ether oxygens (including phenoxy) is 1. The van der Waals surface area contributed by atoms with Gasteiger partial charge in [0.25, 0.3) is 5.91 Å². The molecule has 1 saturated heterocycles. The van der Waals surface area contributed by atoms with Crippen LogP contribution in [0.3, 0.4) is 0 Å². The molecule has 1 amide bonds. The van der Waals surface area contributed by atoms with E-state index in [9.17, 15) is 4.79 Å². The third-order valence-corrected chi connectivity index (χ3v) is 4.18. The van der Waals surface area contributed by atoms with E-state index < -0.39 is 0 Å². The number of nitrogens with zero attached hydrogens (tertiary/aromatic N) is 1. The molecule has 3 nitrogen and oxygen atoms in total. The average Bonchev–Trinajstić information content (AvgIpc) is 2.72. The van der Waals surface area contributed by atoms with Crippen LogP contribution in [0, 0.1) is 0 Å². The van der Waals surface area contributed by atoms with Crippen LogP contribution in [-0.4, -0.2) is 36.6 Å². The van der Waals surface area contributed by atoms with Gasteiger partial charge in [0.1, 0.15) is 0 Å². The highest BCUT2D eigenvalue weighted by Gasteiger charge is 2.31. The van der Waals surface area contributed by atoms with Crippen molar-refractivity contribution in [1.82, 2.24) is 4.90 Å². The molecule has 1 fully saturated rings. The first-order valence-corrected chi connectivity index (χ1v) is 7.42. The summed E-state index contributed by atoms with van der Waals surface area (Å²) in [5.41, 5.74) is 0.679. The normalized spacial score (nSPS) is 23.1.